The maximum Gasteiger partial charge on any atom is 0.228 e. The molecule has 1 unspecified atom stereocenters. The molecular formula is C17H32O6. The van der Waals surface area contributed by atoms with Gasteiger partial charge in [-0.2, -0.15) is 0 Å². The minimum absolute atomic E-state index is 0.452. The Morgan fingerprint density at radius 3 is 2.22 bits per heavy atom. The minimum Gasteiger partial charge on any atom is -0.470 e. The van der Waals surface area contributed by atoms with E-state index in [1.165, 1.54) is 44.8 Å². The lowest BCUT2D eigenvalue weighted by molar-refractivity contribution is -0.287. The standard InChI is InChI=1S/C17H32O6/c1-2-3-4-5-6-7-8-9-10-11-22-17-16(21)15(20)14(19)13(12-18)23-17/h10-11,13-21H,2-9,12H2,1H3/t13-,14-,15+,16-,17?/m1/s1. The van der Waals surface area contributed by atoms with Gasteiger partial charge in [0.05, 0.1) is 12.9 Å². The average molecular weight is 332 g/mol. The molecule has 1 heterocycles. The molecule has 136 valence electrons. The first kappa shape index (κ1) is 20.4. The molecule has 1 aliphatic heterocycles. The van der Waals surface area contributed by atoms with Crippen molar-refractivity contribution in [3.05, 3.63) is 12.3 Å². The first-order valence-electron chi connectivity index (χ1n) is 8.72. The van der Waals surface area contributed by atoms with E-state index in [1.54, 1.807) is 0 Å². The summed E-state index contributed by atoms with van der Waals surface area (Å²) in [5.41, 5.74) is 0. The number of allylic oxidation sites excluding steroid dienone is 1. The quantitative estimate of drug-likeness (QED) is 0.338. The van der Waals surface area contributed by atoms with Gasteiger partial charge in [0.25, 0.3) is 0 Å². The largest absolute Gasteiger partial charge is 0.470 e. The van der Waals surface area contributed by atoms with Gasteiger partial charge in [0.2, 0.25) is 6.29 Å². The highest BCUT2D eigenvalue weighted by molar-refractivity contribution is 4.89. The van der Waals surface area contributed by atoms with E-state index in [2.05, 4.69) is 6.92 Å². The van der Waals surface area contributed by atoms with Crippen LogP contribution in [0.2, 0.25) is 0 Å². The van der Waals surface area contributed by atoms with E-state index in [0.29, 0.717) is 0 Å². The van der Waals surface area contributed by atoms with Gasteiger partial charge in [-0.05, 0) is 18.9 Å². The fourth-order valence-electron chi connectivity index (χ4n) is 2.60. The Morgan fingerprint density at radius 1 is 0.913 bits per heavy atom. The van der Waals surface area contributed by atoms with Crippen LogP contribution in [0.25, 0.3) is 0 Å². The lowest BCUT2D eigenvalue weighted by atomic mass is 9.99. The van der Waals surface area contributed by atoms with Crippen LogP contribution in [0.15, 0.2) is 12.3 Å². The second-order valence-corrected chi connectivity index (χ2v) is 6.12. The van der Waals surface area contributed by atoms with Gasteiger partial charge in [-0.1, -0.05) is 45.4 Å². The van der Waals surface area contributed by atoms with E-state index in [0.717, 1.165) is 12.8 Å². The van der Waals surface area contributed by atoms with Crippen molar-refractivity contribution >= 4 is 0 Å². The number of aliphatic hydroxyl groups excluding tert-OH is 4. The van der Waals surface area contributed by atoms with Gasteiger partial charge < -0.3 is 29.9 Å². The summed E-state index contributed by atoms with van der Waals surface area (Å²) in [5, 5.41) is 38.2. The van der Waals surface area contributed by atoms with Gasteiger partial charge in [0.1, 0.15) is 24.4 Å². The molecular weight excluding hydrogens is 300 g/mol. The number of rotatable bonds is 11. The van der Waals surface area contributed by atoms with E-state index < -0.39 is 37.3 Å². The number of unbranched alkanes of at least 4 members (excludes halogenated alkanes) is 7. The first-order chi connectivity index (χ1) is 11.1. The monoisotopic (exact) mass is 332 g/mol. The molecule has 0 aromatic carbocycles. The molecule has 1 fully saturated rings. The highest BCUT2D eigenvalue weighted by Gasteiger charge is 2.44. The van der Waals surface area contributed by atoms with Crippen molar-refractivity contribution in [2.75, 3.05) is 6.61 Å². The minimum atomic E-state index is -1.40. The Kier molecular flexibility index (Phi) is 10.5. The van der Waals surface area contributed by atoms with Crippen molar-refractivity contribution in [3.8, 4) is 0 Å². The zero-order valence-corrected chi connectivity index (χ0v) is 14.0. The van der Waals surface area contributed by atoms with Crippen molar-refractivity contribution in [1.29, 1.82) is 0 Å². The van der Waals surface area contributed by atoms with E-state index in [1.807, 2.05) is 6.08 Å². The summed E-state index contributed by atoms with van der Waals surface area (Å²) in [7, 11) is 0. The third-order valence-electron chi connectivity index (χ3n) is 4.13. The van der Waals surface area contributed by atoms with Gasteiger partial charge in [0.15, 0.2) is 0 Å². The molecule has 1 rings (SSSR count). The Hall–Kier alpha value is -0.660. The maximum absolute atomic E-state index is 9.79. The zero-order valence-electron chi connectivity index (χ0n) is 14.0. The molecule has 0 spiro atoms. The van der Waals surface area contributed by atoms with Crippen molar-refractivity contribution in [2.45, 2.75) is 89.0 Å². The lowest BCUT2D eigenvalue weighted by Gasteiger charge is -2.39. The Morgan fingerprint density at radius 2 is 1.57 bits per heavy atom. The predicted octanol–water partition coefficient (Wildman–Crippen LogP) is 1.46. The molecule has 23 heavy (non-hydrogen) atoms. The molecule has 0 bridgehead atoms. The molecule has 5 atom stereocenters. The van der Waals surface area contributed by atoms with Crippen LogP contribution in [-0.2, 0) is 9.47 Å². The fourth-order valence-corrected chi connectivity index (χ4v) is 2.60. The van der Waals surface area contributed by atoms with Crippen LogP contribution in [0.4, 0.5) is 0 Å². The van der Waals surface area contributed by atoms with Crippen molar-refractivity contribution in [2.24, 2.45) is 0 Å². The second-order valence-electron chi connectivity index (χ2n) is 6.12. The van der Waals surface area contributed by atoms with Gasteiger partial charge in [-0.3, -0.25) is 0 Å². The van der Waals surface area contributed by atoms with Gasteiger partial charge in [-0.15, -0.1) is 0 Å². The van der Waals surface area contributed by atoms with E-state index in [-0.39, 0.29) is 0 Å². The van der Waals surface area contributed by atoms with Crippen LogP contribution in [0.1, 0.15) is 58.3 Å². The van der Waals surface area contributed by atoms with Gasteiger partial charge in [0, 0.05) is 0 Å². The third kappa shape index (κ3) is 7.18. The summed E-state index contributed by atoms with van der Waals surface area (Å²) in [5.74, 6) is 0. The summed E-state index contributed by atoms with van der Waals surface area (Å²) < 4.78 is 10.5. The molecule has 6 nitrogen and oxygen atoms in total. The van der Waals surface area contributed by atoms with Crippen LogP contribution in [0.5, 0.6) is 0 Å². The van der Waals surface area contributed by atoms with Crippen molar-refractivity contribution in [1.82, 2.24) is 0 Å². The molecule has 0 aromatic heterocycles. The highest BCUT2D eigenvalue weighted by Crippen LogP contribution is 2.22. The summed E-state index contributed by atoms with van der Waals surface area (Å²) in [4.78, 5) is 0. The van der Waals surface area contributed by atoms with Crippen LogP contribution >= 0.6 is 0 Å². The summed E-state index contributed by atoms with van der Waals surface area (Å²) in [6.07, 6.45) is 6.76. The number of aliphatic hydroxyl groups is 4. The molecule has 6 heteroatoms. The van der Waals surface area contributed by atoms with E-state index >= 15 is 0 Å². The smallest absolute Gasteiger partial charge is 0.228 e. The molecule has 1 aliphatic rings. The Labute approximate surface area is 138 Å². The predicted molar refractivity (Wildman–Crippen MR) is 86.6 cm³/mol. The average Bonchev–Trinajstić information content (AvgIpc) is 2.56. The SMILES string of the molecule is CCCCCCCCCC=COC1O[C@H](CO)[C@@H](O)[C@H](O)[C@H]1O. The lowest BCUT2D eigenvalue weighted by Crippen LogP contribution is -2.58. The molecule has 0 aliphatic carbocycles. The summed E-state index contributed by atoms with van der Waals surface area (Å²) >= 11 is 0. The van der Waals surface area contributed by atoms with E-state index in [9.17, 15) is 15.3 Å². The number of hydrogen-bond acceptors (Lipinski definition) is 6. The first-order valence-corrected chi connectivity index (χ1v) is 8.72. The maximum atomic E-state index is 9.79. The van der Waals surface area contributed by atoms with Crippen LogP contribution < -0.4 is 0 Å². The summed E-state index contributed by atoms with van der Waals surface area (Å²) in [6, 6.07) is 0. The van der Waals surface area contributed by atoms with Crippen LogP contribution in [0, 0.1) is 0 Å². The summed E-state index contributed by atoms with van der Waals surface area (Å²) in [6.45, 7) is 1.76. The van der Waals surface area contributed by atoms with Crippen molar-refractivity contribution in [3.63, 3.8) is 0 Å². The second kappa shape index (κ2) is 11.8. The molecule has 0 radical (unpaired) electrons. The number of hydrogen-bond donors (Lipinski definition) is 4. The normalized spacial score (nSPS) is 31.6. The Balaban J connectivity index is 2.16. The van der Waals surface area contributed by atoms with E-state index in [4.69, 9.17) is 14.6 Å². The molecule has 0 saturated carbocycles. The zero-order chi connectivity index (χ0) is 17.1. The van der Waals surface area contributed by atoms with Crippen molar-refractivity contribution < 1.29 is 29.9 Å². The number of ether oxygens (including phenoxy) is 2. The fraction of sp³-hybridized carbons (Fsp3) is 0.882. The molecule has 4 N–H and O–H groups in total. The molecule has 0 amide bonds. The third-order valence-corrected chi connectivity index (χ3v) is 4.13. The van der Waals surface area contributed by atoms with Crippen LogP contribution in [0.3, 0.4) is 0 Å². The topological polar surface area (TPSA) is 99.4 Å². The van der Waals surface area contributed by atoms with Gasteiger partial charge >= 0.3 is 0 Å². The van der Waals surface area contributed by atoms with Crippen LogP contribution in [-0.4, -0.2) is 57.7 Å². The molecule has 1 saturated heterocycles. The Bertz CT molecular complexity index is 320. The highest BCUT2D eigenvalue weighted by atomic mass is 16.7. The van der Waals surface area contributed by atoms with Gasteiger partial charge in [-0.25, -0.2) is 0 Å². The molecule has 0 aromatic rings.